The van der Waals surface area contributed by atoms with Gasteiger partial charge in [0, 0.05) is 6.20 Å². The molecular weight excluding hydrogens is 314 g/mol. The molecule has 0 aliphatic rings. The van der Waals surface area contributed by atoms with E-state index in [1.165, 1.54) is 16.5 Å². The molecule has 0 bridgehead atoms. The van der Waals surface area contributed by atoms with E-state index in [4.69, 9.17) is 11.6 Å². The number of aromatic nitrogens is 2. The van der Waals surface area contributed by atoms with Crippen molar-refractivity contribution in [3.63, 3.8) is 0 Å². The number of nitrogens with zero attached hydrogens (tertiary/aromatic N) is 2. The Kier molecular flexibility index (Phi) is 3.23. The van der Waals surface area contributed by atoms with Gasteiger partial charge in [-0.05, 0) is 24.3 Å². The van der Waals surface area contributed by atoms with E-state index in [1.54, 1.807) is 36.5 Å². The fourth-order valence-electron chi connectivity index (χ4n) is 1.94. The molecular formula is C13H10ClN3O3S. The van der Waals surface area contributed by atoms with Gasteiger partial charge in [-0.2, -0.15) is 8.42 Å². The maximum atomic E-state index is 12.5. The van der Waals surface area contributed by atoms with Gasteiger partial charge in [0.25, 0.3) is 10.0 Å². The van der Waals surface area contributed by atoms with Crippen LogP contribution in [0.1, 0.15) is 0 Å². The highest BCUT2D eigenvalue weighted by molar-refractivity contribution is 7.92. The van der Waals surface area contributed by atoms with E-state index < -0.39 is 10.0 Å². The number of para-hydroxylation sites is 2. The van der Waals surface area contributed by atoms with Crippen molar-refractivity contribution in [1.29, 1.82) is 0 Å². The number of sulfonamides is 1. The lowest BCUT2D eigenvalue weighted by molar-refractivity contribution is 0.477. The third-order valence-corrected chi connectivity index (χ3v) is 4.61. The lowest BCUT2D eigenvalue weighted by atomic mass is 10.3. The van der Waals surface area contributed by atoms with Gasteiger partial charge in [-0.3, -0.25) is 9.12 Å². The molecule has 0 atom stereocenters. The maximum Gasteiger partial charge on any atom is 0.281 e. The van der Waals surface area contributed by atoms with Crippen LogP contribution >= 0.6 is 11.6 Å². The smallest absolute Gasteiger partial charge is 0.281 e. The first-order valence-corrected chi connectivity index (χ1v) is 7.78. The Morgan fingerprint density at radius 3 is 2.62 bits per heavy atom. The number of halogens is 1. The summed E-state index contributed by atoms with van der Waals surface area (Å²) in [7, 11) is -3.99. The molecule has 0 amide bonds. The Hall–Kier alpha value is -2.25. The zero-order valence-electron chi connectivity index (χ0n) is 10.6. The normalized spacial score (nSPS) is 11.7. The monoisotopic (exact) mass is 323 g/mol. The molecule has 0 saturated carbocycles. The number of hydrogen-bond donors (Lipinski definition) is 2. The van der Waals surface area contributed by atoms with Crippen LogP contribution in [-0.2, 0) is 10.0 Å². The number of nitrogens with one attached hydrogen (secondary N) is 1. The summed E-state index contributed by atoms with van der Waals surface area (Å²) in [6, 6.07) is 11.1. The molecule has 0 aliphatic heterocycles. The molecule has 8 heteroatoms. The molecule has 0 fully saturated rings. The number of phenols is 1. The van der Waals surface area contributed by atoms with Crippen molar-refractivity contribution in [1.82, 2.24) is 9.38 Å². The van der Waals surface area contributed by atoms with Gasteiger partial charge in [-0.15, -0.1) is 0 Å². The fraction of sp³-hybridized carbons (Fsp3) is 0. The molecule has 0 saturated heterocycles. The lowest BCUT2D eigenvalue weighted by Crippen LogP contribution is -2.15. The van der Waals surface area contributed by atoms with Crippen LogP contribution in [0.5, 0.6) is 5.75 Å². The van der Waals surface area contributed by atoms with E-state index in [0.29, 0.717) is 5.65 Å². The van der Waals surface area contributed by atoms with Gasteiger partial charge in [0.15, 0.2) is 10.2 Å². The number of pyridine rings is 1. The molecule has 21 heavy (non-hydrogen) atoms. The minimum absolute atomic E-state index is 0.0689. The Labute approximate surface area is 125 Å². The number of hydrogen-bond acceptors (Lipinski definition) is 4. The fourth-order valence-corrected chi connectivity index (χ4v) is 3.66. The summed E-state index contributed by atoms with van der Waals surface area (Å²) >= 11 is 5.94. The van der Waals surface area contributed by atoms with Crippen LogP contribution in [0.2, 0.25) is 5.15 Å². The van der Waals surface area contributed by atoms with E-state index in [-0.39, 0.29) is 21.6 Å². The van der Waals surface area contributed by atoms with Gasteiger partial charge in [0.1, 0.15) is 11.4 Å². The van der Waals surface area contributed by atoms with Gasteiger partial charge in [-0.25, -0.2) is 4.98 Å². The third-order valence-electron chi connectivity index (χ3n) is 2.85. The van der Waals surface area contributed by atoms with Crippen molar-refractivity contribution >= 4 is 33.0 Å². The van der Waals surface area contributed by atoms with Crippen molar-refractivity contribution in [3.05, 3.63) is 53.8 Å². The van der Waals surface area contributed by atoms with E-state index >= 15 is 0 Å². The number of anilines is 1. The van der Waals surface area contributed by atoms with E-state index in [0.717, 1.165) is 0 Å². The van der Waals surface area contributed by atoms with Gasteiger partial charge < -0.3 is 5.11 Å². The molecule has 1 aromatic carbocycles. The van der Waals surface area contributed by atoms with Gasteiger partial charge in [0.2, 0.25) is 0 Å². The highest BCUT2D eigenvalue weighted by Gasteiger charge is 2.25. The Balaban J connectivity index is 2.13. The largest absolute Gasteiger partial charge is 0.506 e. The molecule has 3 rings (SSSR count). The summed E-state index contributed by atoms with van der Waals surface area (Å²) in [6.07, 6.45) is 1.55. The average molecular weight is 324 g/mol. The molecule has 2 heterocycles. The second kappa shape index (κ2) is 4.94. The zero-order chi connectivity index (χ0) is 15.0. The summed E-state index contributed by atoms with van der Waals surface area (Å²) in [6.45, 7) is 0. The Morgan fingerprint density at radius 1 is 1.14 bits per heavy atom. The molecule has 0 unspecified atom stereocenters. The van der Waals surface area contributed by atoms with E-state index in [2.05, 4.69) is 9.71 Å². The second-order valence-electron chi connectivity index (χ2n) is 4.26. The first kappa shape index (κ1) is 13.7. The van der Waals surface area contributed by atoms with Gasteiger partial charge in [-0.1, -0.05) is 29.8 Å². The van der Waals surface area contributed by atoms with Gasteiger partial charge in [0.05, 0.1) is 5.69 Å². The number of benzene rings is 1. The summed E-state index contributed by atoms with van der Waals surface area (Å²) in [5.41, 5.74) is 0.486. The molecule has 6 nitrogen and oxygen atoms in total. The van der Waals surface area contributed by atoms with E-state index in [9.17, 15) is 13.5 Å². The standard InChI is InChI=1S/C13H10ClN3O3S/c14-12-13(17-8-4-3-7-11(17)15-12)21(19,20)16-9-5-1-2-6-10(9)18/h1-8,16,18H. The van der Waals surface area contributed by atoms with Crippen LogP contribution in [0.4, 0.5) is 5.69 Å². The summed E-state index contributed by atoms with van der Waals surface area (Å²) in [5.74, 6) is -0.175. The first-order valence-electron chi connectivity index (χ1n) is 5.92. The molecule has 2 N–H and O–H groups in total. The van der Waals surface area contributed by atoms with Crippen LogP contribution in [0.25, 0.3) is 5.65 Å². The Bertz CT molecular complexity index is 921. The predicted octanol–water partition coefficient (Wildman–Crippen LogP) is 2.49. The zero-order valence-corrected chi connectivity index (χ0v) is 12.1. The maximum absolute atomic E-state index is 12.5. The molecule has 3 aromatic rings. The molecule has 2 aromatic heterocycles. The number of aromatic hydroxyl groups is 1. The SMILES string of the molecule is O=S(=O)(Nc1ccccc1O)c1c(Cl)nc2ccccn12. The van der Waals surface area contributed by atoms with Crippen molar-refractivity contribution in [3.8, 4) is 5.75 Å². The van der Waals surface area contributed by atoms with Crippen molar-refractivity contribution < 1.29 is 13.5 Å². The summed E-state index contributed by atoms with van der Waals surface area (Å²) < 4.78 is 28.6. The minimum atomic E-state index is -3.99. The average Bonchev–Trinajstić information content (AvgIpc) is 2.77. The number of fused-ring (bicyclic) bond motifs is 1. The highest BCUT2D eigenvalue weighted by atomic mass is 35.5. The van der Waals surface area contributed by atoms with Crippen molar-refractivity contribution in [2.24, 2.45) is 0 Å². The van der Waals surface area contributed by atoms with Crippen molar-refractivity contribution in [2.75, 3.05) is 4.72 Å². The second-order valence-corrected chi connectivity index (χ2v) is 6.21. The highest BCUT2D eigenvalue weighted by Crippen LogP contribution is 2.28. The predicted molar refractivity (Wildman–Crippen MR) is 79.1 cm³/mol. The van der Waals surface area contributed by atoms with Crippen LogP contribution < -0.4 is 4.72 Å². The van der Waals surface area contributed by atoms with Crippen LogP contribution in [0, 0.1) is 0 Å². The number of rotatable bonds is 3. The minimum Gasteiger partial charge on any atom is -0.506 e. The Morgan fingerprint density at radius 2 is 1.86 bits per heavy atom. The van der Waals surface area contributed by atoms with Crippen molar-refractivity contribution in [2.45, 2.75) is 5.03 Å². The number of phenolic OH excluding ortho intramolecular Hbond substituents is 1. The van der Waals surface area contributed by atoms with E-state index in [1.807, 2.05) is 0 Å². The molecule has 0 spiro atoms. The summed E-state index contributed by atoms with van der Waals surface area (Å²) in [4.78, 5) is 3.99. The van der Waals surface area contributed by atoms with Crippen LogP contribution in [-0.4, -0.2) is 22.9 Å². The van der Waals surface area contributed by atoms with Crippen LogP contribution in [0.15, 0.2) is 53.7 Å². The number of imidazole rings is 1. The quantitative estimate of drug-likeness (QED) is 0.725. The lowest BCUT2D eigenvalue weighted by Gasteiger charge is -2.09. The topological polar surface area (TPSA) is 83.7 Å². The molecule has 108 valence electrons. The molecule has 0 aliphatic carbocycles. The van der Waals surface area contributed by atoms with Gasteiger partial charge >= 0.3 is 0 Å². The molecule has 0 radical (unpaired) electrons. The summed E-state index contributed by atoms with van der Waals surface area (Å²) in [5, 5.41) is 9.36. The third kappa shape index (κ3) is 2.41. The van der Waals surface area contributed by atoms with Crippen LogP contribution in [0.3, 0.4) is 0 Å². The first-order chi connectivity index (χ1) is 9.99.